The Kier molecular flexibility index (Phi) is 4.87. The zero-order chi connectivity index (χ0) is 14.4. The van der Waals surface area contributed by atoms with Gasteiger partial charge in [0.1, 0.15) is 0 Å². The number of nitrogens with zero attached hydrogens (tertiary/aromatic N) is 1. The maximum atomic E-state index is 11.9. The van der Waals surface area contributed by atoms with Gasteiger partial charge in [-0.2, -0.15) is 5.10 Å². The van der Waals surface area contributed by atoms with Crippen LogP contribution in [-0.2, 0) is 4.79 Å². The number of carboxylic acids is 1. The van der Waals surface area contributed by atoms with Gasteiger partial charge in [0.2, 0.25) is 5.91 Å². The molecule has 0 aliphatic heterocycles. The Balaban J connectivity index is 1.96. The third-order valence-electron chi connectivity index (χ3n) is 3.54. The maximum absolute atomic E-state index is 11.9. The Morgan fingerprint density at radius 2 is 1.90 bits per heavy atom. The Hall–Kier alpha value is -2.17. The molecule has 1 amide bonds. The summed E-state index contributed by atoms with van der Waals surface area (Å²) in [7, 11) is 0. The van der Waals surface area contributed by atoms with Gasteiger partial charge in [-0.25, -0.2) is 5.43 Å². The molecule has 5 nitrogen and oxygen atoms in total. The molecular formula is C15H17N2O3-. The van der Waals surface area contributed by atoms with Crippen molar-refractivity contribution in [2.24, 2.45) is 11.0 Å². The fourth-order valence-electron chi connectivity index (χ4n) is 2.42. The van der Waals surface area contributed by atoms with Gasteiger partial charge in [0.25, 0.3) is 0 Å². The van der Waals surface area contributed by atoms with Gasteiger partial charge in [-0.3, -0.25) is 4.79 Å². The highest BCUT2D eigenvalue weighted by molar-refractivity contribution is 5.97. The van der Waals surface area contributed by atoms with E-state index in [9.17, 15) is 14.7 Å². The number of rotatable bonds is 4. The van der Waals surface area contributed by atoms with Crippen LogP contribution in [0.15, 0.2) is 29.4 Å². The lowest BCUT2D eigenvalue weighted by atomic mass is 9.89. The third kappa shape index (κ3) is 3.66. The second-order valence-corrected chi connectivity index (χ2v) is 4.94. The molecule has 1 N–H and O–H groups in total. The molecule has 0 aromatic heterocycles. The van der Waals surface area contributed by atoms with Crippen molar-refractivity contribution in [1.82, 2.24) is 5.43 Å². The number of carbonyl (C=O) groups is 2. The van der Waals surface area contributed by atoms with Gasteiger partial charge >= 0.3 is 0 Å². The van der Waals surface area contributed by atoms with Crippen molar-refractivity contribution in [3.8, 4) is 0 Å². The minimum atomic E-state index is -1.26. The summed E-state index contributed by atoms with van der Waals surface area (Å²) in [5, 5.41) is 14.8. The zero-order valence-electron chi connectivity index (χ0n) is 11.2. The number of hydrogen-bond acceptors (Lipinski definition) is 4. The Morgan fingerprint density at radius 3 is 2.60 bits per heavy atom. The highest BCUT2D eigenvalue weighted by Crippen LogP contribution is 2.23. The fraction of sp³-hybridized carbons (Fsp3) is 0.400. The first-order chi connectivity index (χ1) is 9.68. The summed E-state index contributed by atoms with van der Waals surface area (Å²) in [6.45, 7) is 0. The van der Waals surface area contributed by atoms with Crippen LogP contribution in [0.25, 0.3) is 0 Å². The molecule has 0 heterocycles. The third-order valence-corrected chi connectivity index (χ3v) is 3.54. The van der Waals surface area contributed by atoms with E-state index in [1.54, 1.807) is 18.2 Å². The van der Waals surface area contributed by atoms with Crippen LogP contribution in [-0.4, -0.2) is 18.1 Å². The molecule has 5 heteroatoms. The molecule has 0 spiro atoms. The van der Waals surface area contributed by atoms with Crippen LogP contribution in [0.1, 0.15) is 48.0 Å². The molecule has 20 heavy (non-hydrogen) atoms. The van der Waals surface area contributed by atoms with Gasteiger partial charge in [0.05, 0.1) is 12.2 Å². The smallest absolute Gasteiger partial charge is 0.243 e. The van der Waals surface area contributed by atoms with E-state index in [-0.39, 0.29) is 17.4 Å². The van der Waals surface area contributed by atoms with Crippen molar-refractivity contribution in [1.29, 1.82) is 0 Å². The average Bonchev–Trinajstić information content (AvgIpc) is 2.48. The molecule has 0 bridgehead atoms. The summed E-state index contributed by atoms with van der Waals surface area (Å²) in [4.78, 5) is 22.8. The van der Waals surface area contributed by atoms with Crippen LogP contribution in [0.2, 0.25) is 0 Å². The Morgan fingerprint density at radius 1 is 1.20 bits per heavy atom. The Bertz CT molecular complexity index is 520. The number of carbonyl (C=O) groups excluding carboxylic acids is 2. The Labute approximate surface area is 117 Å². The van der Waals surface area contributed by atoms with E-state index in [0.29, 0.717) is 5.56 Å². The van der Waals surface area contributed by atoms with Crippen LogP contribution in [0, 0.1) is 5.92 Å². The molecule has 106 valence electrons. The van der Waals surface area contributed by atoms with Crippen LogP contribution in [0.5, 0.6) is 0 Å². The van der Waals surface area contributed by atoms with Crippen molar-refractivity contribution in [3.05, 3.63) is 35.4 Å². The van der Waals surface area contributed by atoms with E-state index >= 15 is 0 Å². The van der Waals surface area contributed by atoms with E-state index in [0.717, 1.165) is 25.7 Å². The van der Waals surface area contributed by atoms with Crippen LogP contribution < -0.4 is 10.5 Å². The predicted octanol–water partition coefficient (Wildman–Crippen LogP) is 1.08. The maximum Gasteiger partial charge on any atom is 0.243 e. The molecule has 1 aromatic carbocycles. The minimum absolute atomic E-state index is 0.0253. The van der Waals surface area contributed by atoms with Crippen molar-refractivity contribution < 1.29 is 14.7 Å². The van der Waals surface area contributed by atoms with E-state index < -0.39 is 5.97 Å². The topological polar surface area (TPSA) is 81.6 Å². The fourth-order valence-corrected chi connectivity index (χ4v) is 2.42. The molecule has 0 saturated heterocycles. The molecular weight excluding hydrogens is 256 g/mol. The monoisotopic (exact) mass is 273 g/mol. The molecule has 1 aromatic rings. The highest BCUT2D eigenvalue weighted by Gasteiger charge is 2.20. The first kappa shape index (κ1) is 14.2. The lowest BCUT2D eigenvalue weighted by molar-refractivity contribution is -0.255. The SMILES string of the molecule is O=C([O-])c1ccccc1/C=N\NC(=O)C1CCCCC1. The van der Waals surface area contributed by atoms with Crippen LogP contribution in [0.3, 0.4) is 0 Å². The molecule has 0 unspecified atom stereocenters. The van der Waals surface area contributed by atoms with E-state index in [1.807, 2.05) is 0 Å². The summed E-state index contributed by atoms with van der Waals surface area (Å²) in [6.07, 6.45) is 6.48. The van der Waals surface area contributed by atoms with Crippen molar-refractivity contribution in [2.45, 2.75) is 32.1 Å². The number of amides is 1. The quantitative estimate of drug-likeness (QED) is 0.658. The van der Waals surface area contributed by atoms with E-state index in [4.69, 9.17) is 0 Å². The number of hydrogen-bond donors (Lipinski definition) is 1. The van der Waals surface area contributed by atoms with Gasteiger partial charge in [0.15, 0.2) is 0 Å². The second kappa shape index (κ2) is 6.84. The molecule has 0 radical (unpaired) electrons. The molecule has 1 aliphatic carbocycles. The second-order valence-electron chi connectivity index (χ2n) is 4.94. The van der Waals surface area contributed by atoms with E-state index in [1.165, 1.54) is 18.7 Å². The first-order valence-electron chi connectivity index (χ1n) is 6.82. The van der Waals surface area contributed by atoms with Gasteiger partial charge in [-0.1, -0.05) is 43.5 Å². The first-order valence-corrected chi connectivity index (χ1v) is 6.82. The van der Waals surface area contributed by atoms with Gasteiger partial charge in [-0.15, -0.1) is 0 Å². The molecule has 1 aliphatic rings. The lowest BCUT2D eigenvalue weighted by Gasteiger charge is -2.19. The summed E-state index contributed by atoms with van der Waals surface area (Å²) in [5.74, 6) is -1.32. The summed E-state index contributed by atoms with van der Waals surface area (Å²) in [6, 6.07) is 6.38. The standard InChI is InChI=1S/C15H18N2O3/c18-14(11-6-2-1-3-7-11)17-16-10-12-8-4-5-9-13(12)15(19)20/h4-5,8-11H,1-3,6-7H2,(H,17,18)(H,19,20)/p-1/b16-10-. The van der Waals surface area contributed by atoms with Crippen molar-refractivity contribution in [2.75, 3.05) is 0 Å². The predicted molar refractivity (Wildman–Crippen MR) is 73.1 cm³/mol. The summed E-state index contributed by atoms with van der Waals surface area (Å²) < 4.78 is 0. The number of aromatic carboxylic acids is 1. The highest BCUT2D eigenvalue weighted by atomic mass is 16.4. The van der Waals surface area contributed by atoms with Crippen molar-refractivity contribution in [3.63, 3.8) is 0 Å². The number of carboxylic acid groups (broad SMARTS) is 1. The largest absolute Gasteiger partial charge is 0.545 e. The molecule has 1 saturated carbocycles. The number of hydrazone groups is 1. The van der Waals surface area contributed by atoms with Crippen LogP contribution >= 0.6 is 0 Å². The normalized spacial score (nSPS) is 16.2. The zero-order valence-corrected chi connectivity index (χ0v) is 11.2. The summed E-state index contributed by atoms with van der Waals surface area (Å²) >= 11 is 0. The lowest BCUT2D eigenvalue weighted by Crippen LogP contribution is -2.28. The van der Waals surface area contributed by atoms with E-state index in [2.05, 4.69) is 10.5 Å². The number of nitrogens with one attached hydrogen (secondary N) is 1. The minimum Gasteiger partial charge on any atom is -0.545 e. The molecule has 0 atom stereocenters. The van der Waals surface area contributed by atoms with Crippen molar-refractivity contribution >= 4 is 18.1 Å². The van der Waals surface area contributed by atoms with Gasteiger partial charge in [0, 0.05) is 17.0 Å². The van der Waals surface area contributed by atoms with Crippen LogP contribution in [0.4, 0.5) is 0 Å². The molecule has 1 fully saturated rings. The molecule has 2 rings (SSSR count). The van der Waals surface area contributed by atoms with Gasteiger partial charge < -0.3 is 9.90 Å². The number of benzene rings is 1. The summed E-state index contributed by atoms with van der Waals surface area (Å²) in [5.41, 5.74) is 2.96. The van der Waals surface area contributed by atoms with Gasteiger partial charge in [-0.05, 0) is 12.8 Å². The average molecular weight is 273 g/mol.